The minimum Gasteiger partial charge on any atom is -0.349 e. The number of imide groups is 1. The Bertz CT molecular complexity index is 920. The zero-order valence-corrected chi connectivity index (χ0v) is 16.7. The van der Waals surface area contributed by atoms with Gasteiger partial charge in [0.15, 0.2) is 0 Å². The van der Waals surface area contributed by atoms with Gasteiger partial charge in [-0.25, -0.2) is 4.90 Å². The molecule has 0 spiro atoms. The number of hydrogen-bond acceptors (Lipinski definition) is 3. The van der Waals surface area contributed by atoms with Gasteiger partial charge in [0.05, 0.1) is 5.69 Å². The average Bonchev–Trinajstić information content (AvgIpc) is 2.87. The molecular formula is C21H20Cl2N2O2. The molecule has 0 unspecified atom stereocenters. The van der Waals surface area contributed by atoms with E-state index in [4.69, 9.17) is 23.2 Å². The van der Waals surface area contributed by atoms with E-state index in [0.717, 1.165) is 29.7 Å². The van der Waals surface area contributed by atoms with Crippen LogP contribution in [0.2, 0.25) is 5.02 Å². The second kappa shape index (κ2) is 8.15. The first-order valence-corrected chi connectivity index (χ1v) is 9.58. The van der Waals surface area contributed by atoms with Crippen LogP contribution in [0.15, 0.2) is 53.2 Å². The largest absolute Gasteiger partial charge is 0.349 e. The van der Waals surface area contributed by atoms with Gasteiger partial charge in [-0.05, 0) is 55.2 Å². The molecule has 0 bridgehead atoms. The average molecular weight is 403 g/mol. The number of hydrogen-bond donors (Lipinski definition) is 1. The molecule has 0 aromatic heterocycles. The van der Waals surface area contributed by atoms with Crippen LogP contribution in [0.3, 0.4) is 0 Å². The third kappa shape index (κ3) is 4.02. The molecule has 1 aliphatic rings. The predicted octanol–water partition coefficient (Wildman–Crippen LogP) is 5.43. The van der Waals surface area contributed by atoms with Gasteiger partial charge in [-0.15, -0.1) is 0 Å². The van der Waals surface area contributed by atoms with Gasteiger partial charge in [-0.2, -0.15) is 0 Å². The van der Waals surface area contributed by atoms with Crippen molar-refractivity contribution >= 4 is 46.4 Å². The summed E-state index contributed by atoms with van der Waals surface area (Å²) < 4.78 is 0. The molecule has 0 aliphatic carbocycles. The molecule has 2 amide bonds. The molecule has 0 fully saturated rings. The third-order valence-electron chi connectivity index (χ3n) is 4.50. The molecular weight excluding hydrogens is 383 g/mol. The van der Waals surface area contributed by atoms with Crippen LogP contribution in [-0.2, 0) is 16.0 Å². The van der Waals surface area contributed by atoms with E-state index in [1.54, 1.807) is 24.3 Å². The van der Waals surface area contributed by atoms with Crippen molar-refractivity contribution in [1.29, 1.82) is 0 Å². The molecule has 1 aliphatic heterocycles. The van der Waals surface area contributed by atoms with E-state index in [2.05, 4.69) is 12.2 Å². The summed E-state index contributed by atoms with van der Waals surface area (Å²) in [5.74, 6) is -1.02. The third-order valence-corrected chi connectivity index (χ3v) is 5.09. The van der Waals surface area contributed by atoms with Crippen molar-refractivity contribution in [3.05, 3.63) is 69.3 Å². The van der Waals surface area contributed by atoms with E-state index in [9.17, 15) is 9.59 Å². The van der Waals surface area contributed by atoms with E-state index in [0.29, 0.717) is 16.4 Å². The maximum absolute atomic E-state index is 12.9. The van der Waals surface area contributed by atoms with Crippen molar-refractivity contribution in [1.82, 2.24) is 0 Å². The highest BCUT2D eigenvalue weighted by Gasteiger charge is 2.39. The number of nitrogens with one attached hydrogen (secondary N) is 1. The molecule has 6 heteroatoms. The summed E-state index contributed by atoms with van der Waals surface area (Å²) in [6.07, 6.45) is 3.18. The number of unbranched alkanes of at least 4 members (excludes halogenated alkanes) is 1. The normalized spacial score (nSPS) is 14.3. The Kier molecular flexibility index (Phi) is 5.88. The van der Waals surface area contributed by atoms with Crippen LogP contribution in [0.5, 0.6) is 0 Å². The van der Waals surface area contributed by atoms with Crippen LogP contribution >= 0.6 is 23.2 Å². The summed E-state index contributed by atoms with van der Waals surface area (Å²) in [6, 6.07) is 12.7. The number of benzene rings is 2. The van der Waals surface area contributed by atoms with E-state index < -0.39 is 11.8 Å². The first kappa shape index (κ1) is 19.5. The fourth-order valence-electron chi connectivity index (χ4n) is 2.90. The van der Waals surface area contributed by atoms with Crippen molar-refractivity contribution in [2.45, 2.75) is 33.1 Å². The van der Waals surface area contributed by atoms with Gasteiger partial charge in [-0.1, -0.05) is 54.7 Å². The Balaban J connectivity index is 1.84. The van der Waals surface area contributed by atoms with Crippen LogP contribution in [0, 0.1) is 6.92 Å². The molecule has 3 rings (SSSR count). The quantitative estimate of drug-likeness (QED) is 0.655. The van der Waals surface area contributed by atoms with Crippen molar-refractivity contribution in [2.24, 2.45) is 0 Å². The number of carbonyl (C=O) groups excluding carboxylic acids is 2. The van der Waals surface area contributed by atoms with Gasteiger partial charge in [0.2, 0.25) is 0 Å². The van der Waals surface area contributed by atoms with Crippen LogP contribution in [0.4, 0.5) is 11.4 Å². The van der Waals surface area contributed by atoms with Crippen molar-refractivity contribution < 1.29 is 9.59 Å². The number of halogens is 2. The lowest BCUT2D eigenvalue weighted by atomic mass is 10.1. The zero-order chi connectivity index (χ0) is 19.6. The maximum Gasteiger partial charge on any atom is 0.283 e. The Morgan fingerprint density at radius 1 is 1.00 bits per heavy atom. The molecule has 0 atom stereocenters. The molecule has 0 saturated carbocycles. The minimum atomic E-state index is -0.537. The van der Waals surface area contributed by atoms with Gasteiger partial charge < -0.3 is 5.32 Å². The highest BCUT2D eigenvalue weighted by molar-refractivity contribution is 6.53. The second-order valence-corrected chi connectivity index (χ2v) is 7.30. The monoisotopic (exact) mass is 402 g/mol. The molecule has 140 valence electrons. The number of anilines is 2. The summed E-state index contributed by atoms with van der Waals surface area (Å²) in [5.41, 5.74) is 3.25. The molecule has 1 heterocycles. The van der Waals surface area contributed by atoms with Crippen molar-refractivity contribution in [2.75, 3.05) is 10.2 Å². The molecule has 0 saturated heterocycles. The Hall–Kier alpha value is -2.30. The van der Waals surface area contributed by atoms with Crippen molar-refractivity contribution in [3.63, 3.8) is 0 Å². The first-order valence-electron chi connectivity index (χ1n) is 8.83. The van der Waals surface area contributed by atoms with Gasteiger partial charge in [0, 0.05) is 10.7 Å². The molecule has 27 heavy (non-hydrogen) atoms. The smallest absolute Gasteiger partial charge is 0.283 e. The van der Waals surface area contributed by atoms with Crippen LogP contribution in [-0.4, -0.2) is 11.8 Å². The van der Waals surface area contributed by atoms with E-state index in [1.807, 2.05) is 25.1 Å². The zero-order valence-electron chi connectivity index (χ0n) is 15.2. The number of aryl methyl sites for hydroxylation is 2. The maximum atomic E-state index is 12.9. The molecule has 2 aromatic carbocycles. The topological polar surface area (TPSA) is 49.4 Å². The summed E-state index contributed by atoms with van der Waals surface area (Å²) in [6.45, 7) is 4.01. The van der Waals surface area contributed by atoms with E-state index in [-0.39, 0.29) is 10.7 Å². The van der Waals surface area contributed by atoms with Gasteiger partial charge in [0.25, 0.3) is 11.8 Å². The Morgan fingerprint density at radius 3 is 2.37 bits per heavy atom. The van der Waals surface area contributed by atoms with Crippen LogP contribution in [0.1, 0.15) is 30.9 Å². The van der Waals surface area contributed by atoms with Crippen LogP contribution in [0.25, 0.3) is 0 Å². The SMILES string of the molecule is CCCCc1ccc(N2C(=O)C(Cl)=C(Nc3cc(Cl)ccc3C)C2=O)cc1. The lowest BCUT2D eigenvalue weighted by Gasteiger charge is -2.16. The number of amides is 2. The molecule has 4 nitrogen and oxygen atoms in total. The van der Waals surface area contributed by atoms with E-state index in [1.165, 1.54) is 5.56 Å². The molecule has 2 aromatic rings. The van der Waals surface area contributed by atoms with Gasteiger partial charge in [-0.3, -0.25) is 9.59 Å². The predicted molar refractivity (Wildman–Crippen MR) is 110 cm³/mol. The molecule has 1 N–H and O–H groups in total. The first-order chi connectivity index (χ1) is 12.9. The lowest BCUT2D eigenvalue weighted by molar-refractivity contribution is -0.120. The summed E-state index contributed by atoms with van der Waals surface area (Å²) in [7, 11) is 0. The highest BCUT2D eigenvalue weighted by atomic mass is 35.5. The number of rotatable bonds is 6. The Morgan fingerprint density at radius 2 is 1.70 bits per heavy atom. The summed E-state index contributed by atoms with van der Waals surface area (Å²) in [4.78, 5) is 26.5. The van der Waals surface area contributed by atoms with E-state index >= 15 is 0 Å². The Labute approximate surface area is 168 Å². The fourth-order valence-corrected chi connectivity index (χ4v) is 3.29. The fraction of sp³-hybridized carbons (Fsp3) is 0.238. The molecule has 0 radical (unpaired) electrons. The van der Waals surface area contributed by atoms with Crippen molar-refractivity contribution in [3.8, 4) is 0 Å². The highest BCUT2D eigenvalue weighted by Crippen LogP contribution is 2.31. The minimum absolute atomic E-state index is 0.0575. The summed E-state index contributed by atoms with van der Waals surface area (Å²) >= 11 is 12.2. The standard InChI is InChI=1S/C21H20Cl2N2O2/c1-3-4-5-14-7-10-16(11-8-14)25-20(26)18(23)19(21(25)27)24-17-12-15(22)9-6-13(17)2/h6-12,24H,3-5H2,1-2H3. The van der Waals surface area contributed by atoms with Crippen LogP contribution < -0.4 is 10.2 Å². The van der Waals surface area contributed by atoms with Gasteiger partial charge >= 0.3 is 0 Å². The summed E-state index contributed by atoms with van der Waals surface area (Å²) in [5, 5.41) is 3.36. The second-order valence-electron chi connectivity index (χ2n) is 6.49. The number of carbonyl (C=O) groups is 2. The number of nitrogens with zero attached hydrogens (tertiary/aromatic N) is 1. The van der Waals surface area contributed by atoms with Gasteiger partial charge in [0.1, 0.15) is 10.7 Å². The lowest BCUT2D eigenvalue weighted by Crippen LogP contribution is -2.32.